The Morgan fingerprint density at radius 2 is 1.85 bits per heavy atom. The molecule has 110 valence electrons. The number of nitrogen functional groups attached to an aromatic ring is 1. The number of nitrogens with two attached hydrogens (primary N) is 1. The molecule has 0 unspecified atom stereocenters. The topological polar surface area (TPSA) is 55.6 Å². The van der Waals surface area contributed by atoms with Crippen molar-refractivity contribution in [2.45, 2.75) is 39.0 Å². The third kappa shape index (κ3) is 3.65. The van der Waals surface area contributed by atoms with Crippen LogP contribution in [0.3, 0.4) is 0 Å². The van der Waals surface area contributed by atoms with Crippen molar-refractivity contribution in [3.8, 4) is 5.75 Å². The SMILES string of the molecule is CCOc1ccc(C(=O)N2CCCCCCC2)cc1N. The Morgan fingerprint density at radius 1 is 1.20 bits per heavy atom. The third-order valence-corrected chi connectivity index (χ3v) is 3.70. The van der Waals surface area contributed by atoms with Gasteiger partial charge in [-0.05, 0) is 38.0 Å². The number of anilines is 1. The molecule has 1 aromatic rings. The lowest BCUT2D eigenvalue weighted by Crippen LogP contribution is -2.33. The molecule has 20 heavy (non-hydrogen) atoms. The Kier molecular flexibility index (Phi) is 5.27. The highest BCUT2D eigenvalue weighted by molar-refractivity contribution is 5.95. The standard InChI is InChI=1S/C16H24N2O2/c1-2-20-15-9-8-13(12-14(15)17)16(19)18-10-6-4-3-5-7-11-18/h8-9,12H,2-7,10-11,17H2,1H3. The Balaban J connectivity index is 2.09. The molecule has 0 saturated carbocycles. The fraction of sp³-hybridized carbons (Fsp3) is 0.562. The Bertz CT molecular complexity index is 452. The van der Waals surface area contributed by atoms with Crippen molar-refractivity contribution in [2.75, 3.05) is 25.4 Å². The van der Waals surface area contributed by atoms with Gasteiger partial charge in [0.05, 0.1) is 12.3 Å². The molecular formula is C16H24N2O2. The summed E-state index contributed by atoms with van der Waals surface area (Å²) in [6.07, 6.45) is 5.92. The van der Waals surface area contributed by atoms with Crippen molar-refractivity contribution in [1.29, 1.82) is 0 Å². The van der Waals surface area contributed by atoms with Gasteiger partial charge in [0.1, 0.15) is 5.75 Å². The second kappa shape index (κ2) is 7.17. The van der Waals surface area contributed by atoms with Crippen molar-refractivity contribution < 1.29 is 9.53 Å². The van der Waals surface area contributed by atoms with E-state index in [9.17, 15) is 4.79 Å². The summed E-state index contributed by atoms with van der Waals surface area (Å²) in [6, 6.07) is 5.32. The molecule has 2 rings (SSSR count). The first kappa shape index (κ1) is 14.7. The molecule has 1 fully saturated rings. The van der Waals surface area contributed by atoms with Gasteiger partial charge in [-0.25, -0.2) is 0 Å². The van der Waals surface area contributed by atoms with Crippen LogP contribution in [-0.4, -0.2) is 30.5 Å². The predicted molar refractivity (Wildman–Crippen MR) is 81.0 cm³/mol. The number of carbonyl (C=O) groups is 1. The van der Waals surface area contributed by atoms with E-state index in [0.717, 1.165) is 25.9 Å². The van der Waals surface area contributed by atoms with Crippen LogP contribution in [0.4, 0.5) is 5.69 Å². The fourth-order valence-corrected chi connectivity index (χ4v) is 2.60. The summed E-state index contributed by atoms with van der Waals surface area (Å²) in [5.41, 5.74) is 7.13. The number of nitrogens with zero attached hydrogens (tertiary/aromatic N) is 1. The van der Waals surface area contributed by atoms with Gasteiger partial charge in [0.2, 0.25) is 0 Å². The summed E-state index contributed by atoms with van der Waals surface area (Å²) in [6.45, 7) is 4.19. The summed E-state index contributed by atoms with van der Waals surface area (Å²) in [5, 5.41) is 0. The lowest BCUT2D eigenvalue weighted by atomic mass is 10.1. The first-order valence-corrected chi connectivity index (χ1v) is 7.54. The monoisotopic (exact) mass is 276 g/mol. The molecule has 0 atom stereocenters. The normalized spacial score (nSPS) is 16.4. The van der Waals surface area contributed by atoms with Crippen LogP contribution in [0.1, 0.15) is 49.4 Å². The van der Waals surface area contributed by atoms with E-state index in [1.165, 1.54) is 19.3 Å². The van der Waals surface area contributed by atoms with Crippen LogP contribution in [0.15, 0.2) is 18.2 Å². The molecule has 1 saturated heterocycles. The van der Waals surface area contributed by atoms with Crippen molar-refractivity contribution in [3.63, 3.8) is 0 Å². The number of carbonyl (C=O) groups excluding carboxylic acids is 1. The molecule has 1 aliphatic rings. The highest BCUT2D eigenvalue weighted by Crippen LogP contribution is 2.23. The van der Waals surface area contributed by atoms with Crippen LogP contribution in [-0.2, 0) is 0 Å². The highest BCUT2D eigenvalue weighted by Gasteiger charge is 2.17. The van der Waals surface area contributed by atoms with E-state index >= 15 is 0 Å². The number of amides is 1. The minimum atomic E-state index is 0.0849. The van der Waals surface area contributed by atoms with Crippen molar-refractivity contribution in [3.05, 3.63) is 23.8 Å². The molecule has 4 heteroatoms. The summed E-state index contributed by atoms with van der Waals surface area (Å²) < 4.78 is 5.40. The molecular weight excluding hydrogens is 252 g/mol. The zero-order chi connectivity index (χ0) is 14.4. The number of likely N-dealkylation sites (tertiary alicyclic amines) is 1. The highest BCUT2D eigenvalue weighted by atomic mass is 16.5. The van der Waals surface area contributed by atoms with E-state index in [2.05, 4.69) is 0 Å². The number of hydrogen-bond acceptors (Lipinski definition) is 3. The van der Waals surface area contributed by atoms with Crippen molar-refractivity contribution in [2.24, 2.45) is 0 Å². The lowest BCUT2D eigenvalue weighted by Gasteiger charge is -2.25. The van der Waals surface area contributed by atoms with Gasteiger partial charge >= 0.3 is 0 Å². The fourth-order valence-electron chi connectivity index (χ4n) is 2.60. The Morgan fingerprint density at radius 3 is 2.45 bits per heavy atom. The smallest absolute Gasteiger partial charge is 0.253 e. The zero-order valence-electron chi connectivity index (χ0n) is 12.2. The maximum Gasteiger partial charge on any atom is 0.253 e. The van der Waals surface area contributed by atoms with Crippen LogP contribution in [0.2, 0.25) is 0 Å². The lowest BCUT2D eigenvalue weighted by molar-refractivity contribution is 0.0742. The number of rotatable bonds is 3. The van der Waals surface area contributed by atoms with Gasteiger partial charge in [-0.3, -0.25) is 4.79 Å². The maximum absolute atomic E-state index is 12.5. The van der Waals surface area contributed by atoms with E-state index in [1.807, 2.05) is 17.9 Å². The number of ether oxygens (including phenoxy) is 1. The summed E-state index contributed by atoms with van der Waals surface area (Å²) >= 11 is 0. The van der Waals surface area contributed by atoms with E-state index in [0.29, 0.717) is 23.6 Å². The molecule has 4 nitrogen and oxygen atoms in total. The minimum absolute atomic E-state index is 0.0849. The van der Waals surface area contributed by atoms with Crippen LogP contribution >= 0.6 is 0 Å². The van der Waals surface area contributed by atoms with Gasteiger partial charge < -0.3 is 15.4 Å². The largest absolute Gasteiger partial charge is 0.492 e. The van der Waals surface area contributed by atoms with Gasteiger partial charge in [0, 0.05) is 18.7 Å². The average Bonchev–Trinajstić information content (AvgIpc) is 2.40. The predicted octanol–water partition coefficient (Wildman–Crippen LogP) is 3.07. The molecule has 0 aromatic heterocycles. The van der Waals surface area contributed by atoms with Gasteiger partial charge in [0.15, 0.2) is 0 Å². The van der Waals surface area contributed by atoms with E-state index < -0.39 is 0 Å². The molecule has 2 N–H and O–H groups in total. The molecule has 0 radical (unpaired) electrons. The zero-order valence-corrected chi connectivity index (χ0v) is 12.2. The van der Waals surface area contributed by atoms with Gasteiger partial charge in [-0.15, -0.1) is 0 Å². The van der Waals surface area contributed by atoms with E-state index in [4.69, 9.17) is 10.5 Å². The van der Waals surface area contributed by atoms with Gasteiger partial charge in [0.25, 0.3) is 5.91 Å². The van der Waals surface area contributed by atoms with E-state index in [-0.39, 0.29) is 5.91 Å². The number of benzene rings is 1. The Labute approximate surface area is 120 Å². The molecule has 1 aromatic carbocycles. The molecule has 0 spiro atoms. The van der Waals surface area contributed by atoms with Gasteiger partial charge in [-0.1, -0.05) is 19.3 Å². The second-order valence-electron chi connectivity index (χ2n) is 5.25. The Hall–Kier alpha value is -1.71. The van der Waals surface area contributed by atoms with Crippen molar-refractivity contribution in [1.82, 2.24) is 4.90 Å². The van der Waals surface area contributed by atoms with Crippen molar-refractivity contribution >= 4 is 11.6 Å². The van der Waals surface area contributed by atoms with Crippen LogP contribution in [0, 0.1) is 0 Å². The molecule has 1 aliphatic heterocycles. The van der Waals surface area contributed by atoms with Crippen LogP contribution in [0.25, 0.3) is 0 Å². The average molecular weight is 276 g/mol. The summed E-state index contributed by atoms with van der Waals surface area (Å²) in [7, 11) is 0. The van der Waals surface area contributed by atoms with Crippen LogP contribution in [0.5, 0.6) is 5.75 Å². The molecule has 1 amide bonds. The minimum Gasteiger partial charge on any atom is -0.492 e. The molecule has 0 bridgehead atoms. The maximum atomic E-state index is 12.5. The number of hydrogen-bond donors (Lipinski definition) is 1. The summed E-state index contributed by atoms with van der Waals surface area (Å²) in [5.74, 6) is 0.735. The van der Waals surface area contributed by atoms with Gasteiger partial charge in [-0.2, -0.15) is 0 Å². The molecule has 0 aliphatic carbocycles. The third-order valence-electron chi connectivity index (χ3n) is 3.70. The summed E-state index contributed by atoms with van der Waals surface area (Å²) in [4.78, 5) is 14.5. The second-order valence-corrected chi connectivity index (χ2v) is 5.25. The molecule has 1 heterocycles. The first-order valence-electron chi connectivity index (χ1n) is 7.54. The quantitative estimate of drug-likeness (QED) is 0.863. The van der Waals surface area contributed by atoms with Crippen LogP contribution < -0.4 is 10.5 Å². The first-order chi connectivity index (χ1) is 9.72. The van der Waals surface area contributed by atoms with E-state index in [1.54, 1.807) is 12.1 Å².